The van der Waals surface area contributed by atoms with Crippen LogP contribution in [0.25, 0.3) is 0 Å². The number of nitrogens with zero attached hydrogens (tertiary/aromatic N) is 2. The smallest absolute Gasteiger partial charge is 0.323 e. The van der Waals surface area contributed by atoms with Crippen molar-refractivity contribution in [2.45, 2.75) is 25.1 Å². The summed E-state index contributed by atoms with van der Waals surface area (Å²) in [6, 6.07) is 3.56. The lowest BCUT2D eigenvalue weighted by molar-refractivity contribution is -0.136. The topological polar surface area (TPSA) is 87.6 Å². The van der Waals surface area contributed by atoms with E-state index in [-0.39, 0.29) is 13.1 Å². The summed E-state index contributed by atoms with van der Waals surface area (Å²) in [4.78, 5) is 15.0. The molecule has 0 spiro atoms. The number of carbonyl (C=O) groups is 1. The maximum absolute atomic E-state index is 12.1. The second kappa shape index (κ2) is 4.66. The van der Waals surface area contributed by atoms with Crippen LogP contribution < -0.4 is 0 Å². The number of carboxylic acid groups (broad SMARTS) is 1. The van der Waals surface area contributed by atoms with Crippen LogP contribution >= 0.6 is 0 Å². The van der Waals surface area contributed by atoms with Crippen molar-refractivity contribution in [1.29, 1.82) is 0 Å². The summed E-state index contributed by atoms with van der Waals surface area (Å²) in [6.45, 7) is 1.67. The average Bonchev–Trinajstić information content (AvgIpc) is 2.37. The highest BCUT2D eigenvalue weighted by atomic mass is 32.2. The van der Waals surface area contributed by atoms with Crippen LogP contribution in [0, 0.1) is 0 Å². The number of sulfonamides is 1. The summed E-state index contributed by atoms with van der Waals surface area (Å²) in [5.74, 6) is -1.33. The number of carboxylic acids is 1. The summed E-state index contributed by atoms with van der Waals surface area (Å²) < 4.78 is 25.3. The Labute approximate surface area is 105 Å². The Hall–Kier alpha value is -1.47. The van der Waals surface area contributed by atoms with Gasteiger partial charge in [0.25, 0.3) is 0 Å². The van der Waals surface area contributed by atoms with E-state index in [1.807, 2.05) is 6.07 Å². The number of hydrogen-bond acceptors (Lipinski definition) is 4. The van der Waals surface area contributed by atoms with Crippen LogP contribution in [0.2, 0.25) is 0 Å². The quantitative estimate of drug-likeness (QED) is 0.850. The number of aliphatic carboxylic acids is 1. The zero-order chi connectivity index (χ0) is 13.3. The maximum Gasteiger partial charge on any atom is 0.323 e. The molecule has 1 aliphatic rings. The van der Waals surface area contributed by atoms with Gasteiger partial charge in [-0.25, -0.2) is 8.42 Å². The lowest BCUT2D eigenvalue weighted by atomic mass is 10.1. The van der Waals surface area contributed by atoms with E-state index in [0.29, 0.717) is 6.42 Å². The first-order valence-electron chi connectivity index (χ1n) is 5.57. The van der Waals surface area contributed by atoms with Crippen LogP contribution in [0.15, 0.2) is 18.3 Å². The lowest BCUT2D eigenvalue weighted by Crippen LogP contribution is -2.43. The Bertz CT molecular complexity index is 570. The fraction of sp³-hybridized carbons (Fsp3) is 0.455. The molecule has 0 saturated heterocycles. The van der Waals surface area contributed by atoms with E-state index < -0.39 is 21.2 Å². The minimum Gasteiger partial charge on any atom is -0.480 e. The van der Waals surface area contributed by atoms with E-state index in [9.17, 15) is 13.2 Å². The van der Waals surface area contributed by atoms with E-state index in [2.05, 4.69) is 4.98 Å². The van der Waals surface area contributed by atoms with Gasteiger partial charge >= 0.3 is 5.97 Å². The summed E-state index contributed by atoms with van der Waals surface area (Å²) >= 11 is 0. The maximum atomic E-state index is 12.1. The van der Waals surface area contributed by atoms with Crippen LogP contribution in [0.3, 0.4) is 0 Å². The van der Waals surface area contributed by atoms with Crippen molar-refractivity contribution in [1.82, 2.24) is 9.29 Å². The van der Waals surface area contributed by atoms with Crippen molar-refractivity contribution in [3.05, 3.63) is 29.6 Å². The Morgan fingerprint density at radius 1 is 1.56 bits per heavy atom. The SMILES string of the molecule is CC(C(=O)O)S(=O)(=O)N1CCc2ncccc2C1. The predicted octanol–water partition coefficient (Wildman–Crippen LogP) is 0.243. The standard InChI is InChI=1S/C11H14N2O4S/c1-8(11(14)15)18(16,17)13-6-4-10-9(7-13)3-2-5-12-10/h2-3,5,8H,4,6-7H2,1H3,(H,14,15). The van der Waals surface area contributed by atoms with Gasteiger partial charge in [-0.05, 0) is 18.6 Å². The van der Waals surface area contributed by atoms with Gasteiger partial charge in [0, 0.05) is 31.4 Å². The highest BCUT2D eigenvalue weighted by Gasteiger charge is 2.35. The molecule has 1 unspecified atom stereocenters. The molecular formula is C11H14N2O4S. The molecule has 0 aromatic carbocycles. The number of fused-ring (bicyclic) bond motifs is 1. The summed E-state index contributed by atoms with van der Waals surface area (Å²) in [5, 5.41) is 7.40. The Morgan fingerprint density at radius 3 is 2.94 bits per heavy atom. The molecule has 1 aromatic rings. The van der Waals surface area contributed by atoms with E-state index in [1.54, 1.807) is 12.3 Å². The first kappa shape index (κ1) is 13.0. The van der Waals surface area contributed by atoms with Gasteiger partial charge in [-0.2, -0.15) is 4.31 Å². The molecule has 7 heteroatoms. The molecule has 0 aliphatic carbocycles. The highest BCUT2D eigenvalue weighted by molar-refractivity contribution is 7.90. The molecule has 1 N–H and O–H groups in total. The van der Waals surface area contributed by atoms with E-state index in [0.717, 1.165) is 11.3 Å². The molecule has 0 saturated carbocycles. The largest absolute Gasteiger partial charge is 0.480 e. The molecule has 1 atom stereocenters. The van der Waals surface area contributed by atoms with Gasteiger partial charge in [0.15, 0.2) is 5.25 Å². The van der Waals surface area contributed by atoms with Crippen molar-refractivity contribution in [2.75, 3.05) is 6.54 Å². The van der Waals surface area contributed by atoms with Gasteiger partial charge in [-0.15, -0.1) is 0 Å². The molecule has 1 aliphatic heterocycles. The molecule has 2 rings (SSSR count). The van der Waals surface area contributed by atoms with Crippen LogP contribution in [0.1, 0.15) is 18.2 Å². The van der Waals surface area contributed by atoms with Crippen LogP contribution in [-0.4, -0.2) is 40.6 Å². The van der Waals surface area contributed by atoms with Gasteiger partial charge in [0.2, 0.25) is 10.0 Å². The molecule has 0 radical (unpaired) electrons. The van der Waals surface area contributed by atoms with Gasteiger partial charge in [-0.3, -0.25) is 9.78 Å². The summed E-state index contributed by atoms with van der Waals surface area (Å²) in [7, 11) is -3.80. The summed E-state index contributed by atoms with van der Waals surface area (Å²) in [5.41, 5.74) is 1.72. The number of pyridine rings is 1. The van der Waals surface area contributed by atoms with Gasteiger partial charge in [-0.1, -0.05) is 6.07 Å². The molecule has 0 fully saturated rings. The minimum atomic E-state index is -3.80. The molecule has 0 amide bonds. The van der Waals surface area contributed by atoms with Gasteiger partial charge in [0.05, 0.1) is 0 Å². The third-order valence-corrected chi connectivity index (χ3v) is 5.21. The van der Waals surface area contributed by atoms with Crippen molar-refractivity contribution >= 4 is 16.0 Å². The van der Waals surface area contributed by atoms with Crippen LogP contribution in [0.4, 0.5) is 0 Å². The van der Waals surface area contributed by atoms with Gasteiger partial charge < -0.3 is 5.11 Å². The van der Waals surface area contributed by atoms with Crippen LogP contribution in [-0.2, 0) is 27.8 Å². The van der Waals surface area contributed by atoms with Gasteiger partial charge in [0.1, 0.15) is 0 Å². The molecule has 18 heavy (non-hydrogen) atoms. The normalized spacial score (nSPS) is 18.1. The number of hydrogen-bond donors (Lipinski definition) is 1. The minimum absolute atomic E-state index is 0.198. The number of rotatable bonds is 3. The Morgan fingerprint density at radius 2 is 2.28 bits per heavy atom. The molecule has 1 aromatic heterocycles. The first-order chi connectivity index (χ1) is 8.43. The third kappa shape index (κ3) is 2.23. The Kier molecular flexibility index (Phi) is 3.36. The van der Waals surface area contributed by atoms with E-state index >= 15 is 0 Å². The monoisotopic (exact) mass is 270 g/mol. The number of aromatic nitrogens is 1. The van der Waals surface area contributed by atoms with Crippen LogP contribution in [0.5, 0.6) is 0 Å². The fourth-order valence-electron chi connectivity index (χ4n) is 1.91. The van der Waals surface area contributed by atoms with Crippen molar-refractivity contribution in [3.63, 3.8) is 0 Å². The summed E-state index contributed by atoms with van der Waals surface area (Å²) in [6.07, 6.45) is 2.19. The van der Waals surface area contributed by atoms with E-state index in [1.165, 1.54) is 11.2 Å². The highest BCUT2D eigenvalue weighted by Crippen LogP contribution is 2.21. The Balaban J connectivity index is 2.26. The molecule has 0 bridgehead atoms. The molecule has 6 nitrogen and oxygen atoms in total. The fourth-order valence-corrected chi connectivity index (χ4v) is 3.28. The zero-order valence-electron chi connectivity index (χ0n) is 9.91. The predicted molar refractivity (Wildman–Crippen MR) is 64.4 cm³/mol. The molecule has 2 heterocycles. The average molecular weight is 270 g/mol. The second-order valence-corrected chi connectivity index (χ2v) is 6.47. The zero-order valence-corrected chi connectivity index (χ0v) is 10.7. The molecule has 98 valence electrons. The second-order valence-electron chi connectivity index (χ2n) is 4.22. The van der Waals surface area contributed by atoms with E-state index in [4.69, 9.17) is 5.11 Å². The van der Waals surface area contributed by atoms with Crippen molar-refractivity contribution in [2.24, 2.45) is 0 Å². The lowest BCUT2D eigenvalue weighted by Gasteiger charge is -2.28. The van der Waals surface area contributed by atoms with Crippen molar-refractivity contribution in [3.8, 4) is 0 Å². The molecular weight excluding hydrogens is 256 g/mol. The third-order valence-electron chi connectivity index (χ3n) is 3.08. The first-order valence-corrected chi connectivity index (χ1v) is 7.08. The van der Waals surface area contributed by atoms with Crippen molar-refractivity contribution < 1.29 is 18.3 Å².